The molecule has 1 N–H and O–H groups in total. The van der Waals surface area contributed by atoms with E-state index in [4.69, 9.17) is 4.74 Å². The standard InChI is InChI=1S/C26H24BrFN4O2S/c1-16-17(2)23(14-13-22(16)27)29-24(33)15-35-26-31-30-25(32(26)20-7-5-4-6-8-20)18(3)34-21-11-9-19(28)10-12-21/h4-14,18H,15H2,1-3H3,(H,29,33). The van der Waals surface area contributed by atoms with Crippen molar-refractivity contribution >= 4 is 39.3 Å². The molecule has 0 aliphatic carbocycles. The molecule has 0 bridgehead atoms. The zero-order valence-electron chi connectivity index (χ0n) is 19.5. The van der Waals surface area contributed by atoms with Crippen LogP contribution in [-0.2, 0) is 4.79 Å². The predicted octanol–water partition coefficient (Wildman–Crippen LogP) is 6.66. The van der Waals surface area contributed by atoms with Gasteiger partial charge in [-0.15, -0.1) is 10.2 Å². The molecule has 1 unspecified atom stereocenters. The van der Waals surface area contributed by atoms with Gasteiger partial charge in [0.2, 0.25) is 5.91 Å². The summed E-state index contributed by atoms with van der Waals surface area (Å²) < 4.78 is 22.1. The first-order valence-electron chi connectivity index (χ1n) is 10.9. The first-order valence-corrected chi connectivity index (χ1v) is 12.7. The van der Waals surface area contributed by atoms with Crippen LogP contribution in [0.3, 0.4) is 0 Å². The molecule has 0 aliphatic rings. The van der Waals surface area contributed by atoms with Crippen LogP contribution in [0.25, 0.3) is 5.69 Å². The molecule has 0 saturated carbocycles. The summed E-state index contributed by atoms with van der Waals surface area (Å²) in [5, 5.41) is 12.3. The summed E-state index contributed by atoms with van der Waals surface area (Å²) in [7, 11) is 0. The Hall–Kier alpha value is -3.17. The molecule has 0 spiro atoms. The lowest BCUT2D eigenvalue weighted by Gasteiger charge is -2.17. The minimum Gasteiger partial charge on any atom is -0.483 e. The molecule has 6 nitrogen and oxygen atoms in total. The van der Waals surface area contributed by atoms with Crippen LogP contribution in [0.15, 0.2) is 76.4 Å². The van der Waals surface area contributed by atoms with Gasteiger partial charge in [-0.2, -0.15) is 0 Å². The Bertz CT molecular complexity index is 1330. The van der Waals surface area contributed by atoms with Crippen molar-refractivity contribution in [1.82, 2.24) is 14.8 Å². The fourth-order valence-corrected chi connectivity index (χ4v) is 4.66. The van der Waals surface area contributed by atoms with Crippen molar-refractivity contribution in [3.8, 4) is 11.4 Å². The van der Waals surface area contributed by atoms with E-state index in [1.807, 2.05) is 67.8 Å². The molecule has 0 saturated heterocycles. The Morgan fingerprint density at radius 1 is 1.06 bits per heavy atom. The number of nitrogens with zero attached hydrogens (tertiary/aromatic N) is 3. The fraction of sp³-hybridized carbons (Fsp3) is 0.192. The molecule has 4 aromatic rings. The highest BCUT2D eigenvalue weighted by Crippen LogP contribution is 2.29. The van der Waals surface area contributed by atoms with Crippen LogP contribution in [0.2, 0.25) is 0 Å². The molecule has 9 heteroatoms. The van der Waals surface area contributed by atoms with Gasteiger partial charge >= 0.3 is 0 Å². The Morgan fingerprint density at radius 3 is 2.49 bits per heavy atom. The summed E-state index contributed by atoms with van der Waals surface area (Å²) in [4.78, 5) is 12.7. The zero-order valence-corrected chi connectivity index (χ0v) is 21.9. The number of rotatable bonds is 8. The maximum absolute atomic E-state index is 13.3. The summed E-state index contributed by atoms with van der Waals surface area (Å²) in [6.07, 6.45) is -0.468. The maximum atomic E-state index is 13.3. The third-order valence-electron chi connectivity index (χ3n) is 5.49. The van der Waals surface area contributed by atoms with Crippen LogP contribution in [0, 0.1) is 19.7 Å². The normalized spacial score (nSPS) is 11.8. The Balaban J connectivity index is 1.53. The van der Waals surface area contributed by atoms with Crippen LogP contribution in [0.1, 0.15) is 30.0 Å². The number of halogens is 2. The number of carbonyl (C=O) groups is 1. The summed E-state index contributed by atoms with van der Waals surface area (Å²) in [6.45, 7) is 5.83. The van der Waals surface area contributed by atoms with Crippen LogP contribution in [0.5, 0.6) is 5.75 Å². The summed E-state index contributed by atoms with van der Waals surface area (Å²) in [5.41, 5.74) is 3.73. The molecule has 4 rings (SSSR count). The minimum absolute atomic E-state index is 0.139. The smallest absolute Gasteiger partial charge is 0.234 e. The van der Waals surface area contributed by atoms with Gasteiger partial charge in [-0.1, -0.05) is 45.9 Å². The molecule has 0 aliphatic heterocycles. The molecule has 1 heterocycles. The lowest BCUT2D eigenvalue weighted by molar-refractivity contribution is -0.113. The number of para-hydroxylation sites is 1. The van der Waals surface area contributed by atoms with Crippen LogP contribution >= 0.6 is 27.7 Å². The monoisotopic (exact) mass is 554 g/mol. The second-order valence-electron chi connectivity index (χ2n) is 7.91. The van der Waals surface area contributed by atoms with E-state index in [0.717, 1.165) is 27.0 Å². The van der Waals surface area contributed by atoms with E-state index >= 15 is 0 Å². The summed E-state index contributed by atoms with van der Waals surface area (Å²) in [6, 6.07) is 19.3. The zero-order chi connectivity index (χ0) is 24.9. The molecule has 1 amide bonds. The molecule has 180 valence electrons. The lowest BCUT2D eigenvalue weighted by atomic mass is 10.1. The number of ether oxygens (including phenoxy) is 1. The van der Waals surface area contributed by atoms with Gasteiger partial charge < -0.3 is 10.1 Å². The Kier molecular flexibility index (Phi) is 7.87. The van der Waals surface area contributed by atoms with Gasteiger partial charge in [0.15, 0.2) is 17.1 Å². The molecular weight excluding hydrogens is 531 g/mol. The topological polar surface area (TPSA) is 69.0 Å². The van der Waals surface area contributed by atoms with E-state index in [1.54, 1.807) is 12.1 Å². The van der Waals surface area contributed by atoms with Gasteiger partial charge in [-0.3, -0.25) is 9.36 Å². The van der Waals surface area contributed by atoms with E-state index in [2.05, 4.69) is 31.4 Å². The van der Waals surface area contributed by atoms with E-state index in [9.17, 15) is 9.18 Å². The average molecular weight is 555 g/mol. The number of hydrogen-bond donors (Lipinski definition) is 1. The molecular formula is C26H24BrFN4O2S. The van der Waals surface area contributed by atoms with Gasteiger partial charge in [0.05, 0.1) is 5.75 Å². The van der Waals surface area contributed by atoms with Gasteiger partial charge in [0.1, 0.15) is 11.6 Å². The molecule has 0 fully saturated rings. The van der Waals surface area contributed by atoms with Gasteiger partial charge in [0, 0.05) is 15.8 Å². The summed E-state index contributed by atoms with van der Waals surface area (Å²) >= 11 is 4.81. The molecule has 1 atom stereocenters. The molecule has 3 aromatic carbocycles. The van der Waals surface area contributed by atoms with E-state index in [1.165, 1.54) is 23.9 Å². The quantitative estimate of drug-likeness (QED) is 0.247. The third-order valence-corrected chi connectivity index (χ3v) is 7.28. The van der Waals surface area contributed by atoms with Crippen LogP contribution < -0.4 is 10.1 Å². The molecule has 0 radical (unpaired) electrons. The largest absolute Gasteiger partial charge is 0.483 e. The first-order chi connectivity index (χ1) is 16.8. The number of anilines is 1. The number of amides is 1. The Labute approximate surface area is 216 Å². The second kappa shape index (κ2) is 11.0. The number of benzene rings is 3. The minimum atomic E-state index is -0.468. The predicted molar refractivity (Wildman–Crippen MR) is 140 cm³/mol. The molecule has 1 aromatic heterocycles. The number of carbonyl (C=O) groups excluding carboxylic acids is 1. The van der Waals surface area contributed by atoms with Crippen molar-refractivity contribution in [2.24, 2.45) is 0 Å². The fourth-order valence-electron chi connectivity index (χ4n) is 3.47. The average Bonchev–Trinajstić information content (AvgIpc) is 3.29. The number of thioether (sulfide) groups is 1. The summed E-state index contributed by atoms with van der Waals surface area (Å²) in [5.74, 6) is 0.785. The highest BCUT2D eigenvalue weighted by Gasteiger charge is 2.22. The van der Waals surface area contributed by atoms with Gasteiger partial charge in [0.25, 0.3) is 0 Å². The van der Waals surface area contributed by atoms with Crippen molar-refractivity contribution < 1.29 is 13.9 Å². The highest BCUT2D eigenvalue weighted by atomic mass is 79.9. The lowest BCUT2D eigenvalue weighted by Crippen LogP contribution is -2.16. The Morgan fingerprint density at radius 2 is 1.77 bits per heavy atom. The SMILES string of the molecule is Cc1c(Br)ccc(NC(=O)CSc2nnc(C(C)Oc3ccc(F)cc3)n2-c2ccccc2)c1C. The number of aromatic nitrogens is 3. The van der Waals surface area contributed by atoms with E-state index in [0.29, 0.717) is 16.7 Å². The van der Waals surface area contributed by atoms with E-state index < -0.39 is 6.10 Å². The highest BCUT2D eigenvalue weighted by molar-refractivity contribution is 9.10. The van der Waals surface area contributed by atoms with Crippen LogP contribution in [-0.4, -0.2) is 26.4 Å². The van der Waals surface area contributed by atoms with Crippen molar-refractivity contribution in [3.05, 3.63) is 94.0 Å². The third kappa shape index (κ3) is 5.91. The van der Waals surface area contributed by atoms with Crippen molar-refractivity contribution in [1.29, 1.82) is 0 Å². The van der Waals surface area contributed by atoms with Crippen LogP contribution in [0.4, 0.5) is 10.1 Å². The van der Waals surface area contributed by atoms with Gasteiger partial charge in [-0.05, 0) is 80.4 Å². The maximum Gasteiger partial charge on any atom is 0.234 e. The van der Waals surface area contributed by atoms with Gasteiger partial charge in [-0.25, -0.2) is 4.39 Å². The van der Waals surface area contributed by atoms with Crippen molar-refractivity contribution in [2.45, 2.75) is 32.0 Å². The number of nitrogens with one attached hydrogen (secondary N) is 1. The van der Waals surface area contributed by atoms with E-state index in [-0.39, 0.29) is 17.5 Å². The molecule has 35 heavy (non-hydrogen) atoms. The van der Waals surface area contributed by atoms with Crippen molar-refractivity contribution in [2.75, 3.05) is 11.1 Å². The second-order valence-corrected chi connectivity index (χ2v) is 9.70. The number of hydrogen-bond acceptors (Lipinski definition) is 5. The first kappa shape index (κ1) is 24.9. The van der Waals surface area contributed by atoms with Crippen molar-refractivity contribution in [3.63, 3.8) is 0 Å².